The van der Waals surface area contributed by atoms with E-state index in [4.69, 9.17) is 4.74 Å². The second-order valence-electron chi connectivity index (χ2n) is 3.29. The van der Waals surface area contributed by atoms with Gasteiger partial charge in [-0.2, -0.15) is 0 Å². The van der Waals surface area contributed by atoms with Crippen LogP contribution in [-0.2, 0) is 19.1 Å². The van der Waals surface area contributed by atoms with E-state index in [0.29, 0.717) is 19.7 Å². The van der Waals surface area contributed by atoms with Gasteiger partial charge in [-0.05, 0) is 0 Å². The summed E-state index contributed by atoms with van der Waals surface area (Å²) in [5, 5.41) is 2.53. The summed E-state index contributed by atoms with van der Waals surface area (Å²) in [6, 6.07) is 0. The summed E-state index contributed by atoms with van der Waals surface area (Å²) in [4.78, 5) is 24.2. The van der Waals surface area contributed by atoms with Crippen LogP contribution in [0.5, 0.6) is 0 Å². The second-order valence-corrected chi connectivity index (χ2v) is 3.29. The first-order chi connectivity index (χ1) is 7.17. The molecule has 6 nitrogen and oxygen atoms in total. The molecule has 1 aliphatic rings. The van der Waals surface area contributed by atoms with Crippen molar-refractivity contribution in [3.63, 3.8) is 0 Å². The van der Waals surface area contributed by atoms with Gasteiger partial charge in [-0.25, -0.2) is 4.79 Å². The smallest absolute Gasteiger partial charge is 0.336 e. The Balaban J connectivity index is 2.42. The summed E-state index contributed by atoms with van der Waals surface area (Å²) in [5.41, 5.74) is 0. The number of hydrogen-bond donors (Lipinski definition) is 1. The number of nitrogens with one attached hydrogen (secondary N) is 1. The van der Waals surface area contributed by atoms with Gasteiger partial charge < -0.3 is 14.8 Å². The molecule has 0 radical (unpaired) electrons. The van der Waals surface area contributed by atoms with E-state index in [1.807, 2.05) is 4.90 Å². The third-order valence-electron chi connectivity index (χ3n) is 2.26. The van der Waals surface area contributed by atoms with Gasteiger partial charge >= 0.3 is 5.97 Å². The van der Waals surface area contributed by atoms with Crippen molar-refractivity contribution in [2.75, 3.05) is 40.4 Å². The molecule has 1 atom stereocenters. The lowest BCUT2D eigenvalue weighted by atomic mass is 10.2. The van der Waals surface area contributed by atoms with Crippen molar-refractivity contribution in [1.29, 1.82) is 0 Å². The fourth-order valence-electron chi connectivity index (χ4n) is 1.40. The lowest BCUT2D eigenvalue weighted by Crippen LogP contribution is -2.49. The minimum Gasteiger partial charge on any atom is -0.467 e. The standard InChI is InChI=1S/C9H16N2O4/c1-10-8(12)6-11-3-4-15-7(5-11)9(13)14-2/h7H,3-6H2,1-2H3,(H,10,12). The maximum atomic E-state index is 11.2. The van der Waals surface area contributed by atoms with Crippen molar-refractivity contribution in [3.05, 3.63) is 0 Å². The van der Waals surface area contributed by atoms with Gasteiger partial charge in [0.1, 0.15) is 0 Å². The molecule has 1 saturated heterocycles. The molecule has 1 amide bonds. The van der Waals surface area contributed by atoms with Gasteiger partial charge in [-0.15, -0.1) is 0 Å². The zero-order valence-corrected chi connectivity index (χ0v) is 8.99. The molecule has 0 aromatic heterocycles. The number of morpholine rings is 1. The second kappa shape index (κ2) is 5.67. The van der Waals surface area contributed by atoms with Crippen LogP contribution in [0.2, 0.25) is 0 Å². The maximum Gasteiger partial charge on any atom is 0.336 e. The number of amides is 1. The van der Waals surface area contributed by atoms with Crippen molar-refractivity contribution >= 4 is 11.9 Å². The minimum atomic E-state index is -0.576. The summed E-state index contributed by atoms with van der Waals surface area (Å²) >= 11 is 0. The van der Waals surface area contributed by atoms with E-state index in [1.165, 1.54) is 7.11 Å². The third kappa shape index (κ3) is 3.49. The van der Waals surface area contributed by atoms with E-state index in [0.717, 1.165) is 0 Å². The number of nitrogens with zero attached hydrogens (tertiary/aromatic N) is 1. The summed E-state index contributed by atoms with van der Waals surface area (Å²) in [7, 11) is 2.91. The molecule has 15 heavy (non-hydrogen) atoms. The van der Waals surface area contributed by atoms with E-state index in [1.54, 1.807) is 7.05 Å². The minimum absolute atomic E-state index is 0.0690. The molecule has 0 spiro atoms. The maximum absolute atomic E-state index is 11.2. The highest BCUT2D eigenvalue weighted by Crippen LogP contribution is 2.05. The molecule has 1 unspecified atom stereocenters. The van der Waals surface area contributed by atoms with Crippen LogP contribution >= 0.6 is 0 Å². The first-order valence-electron chi connectivity index (χ1n) is 4.79. The number of hydrogen-bond acceptors (Lipinski definition) is 5. The van der Waals surface area contributed by atoms with Crippen LogP contribution in [0.3, 0.4) is 0 Å². The third-order valence-corrected chi connectivity index (χ3v) is 2.26. The van der Waals surface area contributed by atoms with E-state index >= 15 is 0 Å². The Kier molecular flexibility index (Phi) is 4.51. The first-order valence-corrected chi connectivity index (χ1v) is 4.79. The summed E-state index contributed by atoms with van der Waals surface area (Å²) in [6.07, 6.45) is -0.576. The SMILES string of the molecule is CNC(=O)CN1CCOC(C(=O)OC)C1. The lowest BCUT2D eigenvalue weighted by molar-refractivity contribution is -0.160. The van der Waals surface area contributed by atoms with Crippen LogP contribution in [0, 0.1) is 0 Å². The average Bonchev–Trinajstić information content (AvgIpc) is 2.28. The van der Waals surface area contributed by atoms with Crippen molar-refractivity contribution in [2.45, 2.75) is 6.10 Å². The predicted molar refractivity (Wildman–Crippen MR) is 52.3 cm³/mol. The molecule has 6 heteroatoms. The summed E-state index contributed by atoms with van der Waals surface area (Å²) in [6.45, 7) is 1.78. The van der Waals surface area contributed by atoms with Crippen LogP contribution in [0.1, 0.15) is 0 Å². The Hall–Kier alpha value is -1.14. The lowest BCUT2D eigenvalue weighted by Gasteiger charge is -2.30. The molecule has 0 aliphatic carbocycles. The molecule has 1 N–H and O–H groups in total. The van der Waals surface area contributed by atoms with Gasteiger partial charge in [0, 0.05) is 20.1 Å². The van der Waals surface area contributed by atoms with Crippen LogP contribution < -0.4 is 5.32 Å². The van der Waals surface area contributed by atoms with E-state index in [9.17, 15) is 9.59 Å². The van der Waals surface area contributed by atoms with Gasteiger partial charge in [0.2, 0.25) is 5.91 Å². The van der Waals surface area contributed by atoms with Crippen molar-refractivity contribution in [3.8, 4) is 0 Å². The highest BCUT2D eigenvalue weighted by atomic mass is 16.6. The Bertz CT molecular complexity index is 244. The average molecular weight is 216 g/mol. The summed E-state index contributed by atoms with van der Waals surface area (Å²) < 4.78 is 9.81. The quantitative estimate of drug-likeness (QED) is 0.588. The van der Waals surface area contributed by atoms with Gasteiger partial charge in [0.15, 0.2) is 6.10 Å². The van der Waals surface area contributed by atoms with Gasteiger partial charge in [0.25, 0.3) is 0 Å². The molecule has 1 fully saturated rings. The molecule has 86 valence electrons. The Labute approximate surface area is 88.5 Å². The molecular formula is C9H16N2O4. The number of esters is 1. The van der Waals surface area contributed by atoms with E-state index < -0.39 is 12.1 Å². The molecule has 0 aromatic rings. The normalized spacial score (nSPS) is 22.1. The zero-order chi connectivity index (χ0) is 11.3. The Morgan fingerprint density at radius 1 is 1.60 bits per heavy atom. The van der Waals surface area contributed by atoms with Gasteiger partial charge in [-0.3, -0.25) is 9.69 Å². The van der Waals surface area contributed by atoms with Crippen molar-refractivity contribution < 1.29 is 19.1 Å². The number of carbonyl (C=O) groups is 2. The largest absolute Gasteiger partial charge is 0.467 e. The fourth-order valence-corrected chi connectivity index (χ4v) is 1.40. The first kappa shape index (κ1) is 11.9. The van der Waals surface area contributed by atoms with Crippen molar-refractivity contribution in [2.24, 2.45) is 0 Å². The fraction of sp³-hybridized carbons (Fsp3) is 0.778. The monoisotopic (exact) mass is 216 g/mol. The molecule has 1 aliphatic heterocycles. The van der Waals surface area contributed by atoms with Crippen LogP contribution in [0.15, 0.2) is 0 Å². The molecule has 0 saturated carbocycles. The molecule has 0 bridgehead atoms. The molecule has 1 heterocycles. The van der Waals surface area contributed by atoms with E-state index in [-0.39, 0.29) is 12.5 Å². The van der Waals surface area contributed by atoms with Crippen molar-refractivity contribution in [1.82, 2.24) is 10.2 Å². The number of ether oxygens (including phenoxy) is 2. The van der Waals surface area contributed by atoms with Crippen LogP contribution in [-0.4, -0.2) is 63.3 Å². The van der Waals surface area contributed by atoms with Gasteiger partial charge in [0.05, 0.1) is 20.3 Å². The number of rotatable bonds is 3. The number of carbonyl (C=O) groups excluding carboxylic acids is 2. The highest BCUT2D eigenvalue weighted by molar-refractivity contribution is 5.78. The molecule has 0 aromatic carbocycles. The Morgan fingerprint density at radius 3 is 2.93 bits per heavy atom. The van der Waals surface area contributed by atoms with Gasteiger partial charge in [-0.1, -0.05) is 0 Å². The van der Waals surface area contributed by atoms with Crippen LogP contribution in [0.25, 0.3) is 0 Å². The molecular weight excluding hydrogens is 200 g/mol. The predicted octanol–water partition coefficient (Wildman–Crippen LogP) is -1.39. The Morgan fingerprint density at radius 2 is 2.33 bits per heavy atom. The van der Waals surface area contributed by atoms with Crippen LogP contribution in [0.4, 0.5) is 0 Å². The summed E-state index contributed by atoms with van der Waals surface area (Å²) in [5.74, 6) is -0.461. The topological polar surface area (TPSA) is 67.9 Å². The van der Waals surface area contributed by atoms with E-state index in [2.05, 4.69) is 10.1 Å². The number of likely N-dealkylation sites (N-methyl/N-ethyl adjacent to an activating group) is 1. The zero-order valence-electron chi connectivity index (χ0n) is 8.99. The number of methoxy groups -OCH3 is 1. The molecule has 1 rings (SSSR count). The highest BCUT2D eigenvalue weighted by Gasteiger charge is 2.27.